The van der Waals surface area contributed by atoms with Crippen molar-refractivity contribution in [2.75, 3.05) is 0 Å². The lowest BCUT2D eigenvalue weighted by atomic mass is 10.1. The van der Waals surface area contributed by atoms with Crippen LogP contribution in [0.15, 0.2) is 23.9 Å². The number of hydrogen-bond donors (Lipinski definition) is 1. The van der Waals surface area contributed by atoms with Crippen LogP contribution in [0.3, 0.4) is 0 Å². The molecule has 15 heavy (non-hydrogen) atoms. The van der Waals surface area contributed by atoms with E-state index in [4.69, 9.17) is 17.3 Å². The third kappa shape index (κ3) is 2.47. The van der Waals surface area contributed by atoms with Crippen molar-refractivity contribution in [3.8, 4) is 0 Å². The summed E-state index contributed by atoms with van der Waals surface area (Å²) in [5.74, 6) is 0. The highest BCUT2D eigenvalue weighted by Gasteiger charge is 2.13. The van der Waals surface area contributed by atoms with Crippen LogP contribution in [-0.4, -0.2) is 4.92 Å². The number of aryl methyl sites for hydroxylation is 1. The molecule has 0 bridgehead atoms. The predicted octanol–water partition coefficient (Wildman–Crippen LogP) is 2.57. The van der Waals surface area contributed by atoms with E-state index in [0.717, 1.165) is 5.56 Å². The van der Waals surface area contributed by atoms with Gasteiger partial charge in [0.1, 0.15) is 5.70 Å². The first-order valence-corrected chi connectivity index (χ1v) is 4.68. The number of benzene rings is 1. The Morgan fingerprint density at radius 2 is 2.13 bits per heavy atom. The monoisotopic (exact) mass is 226 g/mol. The van der Waals surface area contributed by atoms with Crippen LogP contribution in [0.1, 0.15) is 18.1 Å². The molecular formula is C10H11ClN2O2. The summed E-state index contributed by atoms with van der Waals surface area (Å²) in [7, 11) is 0. The molecule has 80 valence electrons. The Hall–Kier alpha value is -1.55. The summed E-state index contributed by atoms with van der Waals surface area (Å²) in [5, 5.41) is 11.1. The fourth-order valence-corrected chi connectivity index (χ4v) is 1.35. The molecule has 0 spiro atoms. The molecule has 5 heteroatoms. The zero-order chi connectivity index (χ0) is 11.6. The van der Waals surface area contributed by atoms with Gasteiger partial charge in [-0.25, -0.2) is 0 Å². The number of nitrogens with zero attached hydrogens (tertiary/aromatic N) is 1. The Balaban J connectivity index is 3.33. The lowest BCUT2D eigenvalue weighted by molar-refractivity contribution is -0.423. The summed E-state index contributed by atoms with van der Waals surface area (Å²) in [6, 6.07) is 5.12. The second-order valence-corrected chi connectivity index (χ2v) is 3.65. The second-order valence-electron chi connectivity index (χ2n) is 3.22. The second kappa shape index (κ2) is 4.31. The van der Waals surface area contributed by atoms with Gasteiger partial charge in [-0.3, -0.25) is 10.1 Å². The van der Waals surface area contributed by atoms with Gasteiger partial charge in [0, 0.05) is 17.5 Å². The molecule has 0 aliphatic rings. The number of hydrogen-bond acceptors (Lipinski definition) is 3. The van der Waals surface area contributed by atoms with Gasteiger partial charge in [-0.1, -0.05) is 17.7 Å². The molecule has 1 rings (SSSR count). The molecule has 0 fully saturated rings. The van der Waals surface area contributed by atoms with Gasteiger partial charge in [0.25, 0.3) is 5.70 Å². The first-order chi connectivity index (χ1) is 6.93. The van der Waals surface area contributed by atoms with E-state index in [1.807, 2.05) is 6.92 Å². The van der Waals surface area contributed by atoms with Crippen LogP contribution >= 0.6 is 11.6 Å². The molecule has 0 heterocycles. The minimum atomic E-state index is -0.504. The minimum absolute atomic E-state index is 0.0691. The maximum Gasteiger partial charge on any atom is 0.266 e. The van der Waals surface area contributed by atoms with Gasteiger partial charge >= 0.3 is 0 Å². The lowest BCUT2D eigenvalue weighted by Crippen LogP contribution is -2.07. The number of allylic oxidation sites excluding steroid dienone is 1. The standard InChI is InChI=1S/C10H11ClN2O2/c1-6-3-4-8(11)5-9(6)10(12)7(2)13(14)15/h3-5H,12H2,1-2H3/b10-7-. The van der Waals surface area contributed by atoms with Crippen molar-refractivity contribution in [2.45, 2.75) is 13.8 Å². The van der Waals surface area contributed by atoms with Crippen LogP contribution in [-0.2, 0) is 0 Å². The summed E-state index contributed by atoms with van der Waals surface area (Å²) in [5.41, 5.74) is 7.24. The number of halogens is 1. The SMILES string of the molecule is C/C(=C(/N)c1cc(Cl)ccc1C)[N+](=O)[O-]. The molecule has 0 atom stereocenters. The van der Waals surface area contributed by atoms with Crippen LogP contribution in [0.25, 0.3) is 5.70 Å². The van der Waals surface area contributed by atoms with E-state index in [2.05, 4.69) is 0 Å². The Morgan fingerprint density at radius 3 is 2.67 bits per heavy atom. The Kier molecular flexibility index (Phi) is 3.31. The van der Waals surface area contributed by atoms with Crippen LogP contribution in [0.4, 0.5) is 0 Å². The highest BCUT2D eigenvalue weighted by molar-refractivity contribution is 6.30. The van der Waals surface area contributed by atoms with Crippen molar-refractivity contribution in [1.82, 2.24) is 0 Å². The number of nitro groups is 1. The largest absolute Gasteiger partial charge is 0.393 e. The summed E-state index contributed by atoms with van der Waals surface area (Å²) >= 11 is 5.80. The number of nitrogens with two attached hydrogens (primary N) is 1. The Bertz CT molecular complexity index is 441. The lowest BCUT2D eigenvalue weighted by Gasteiger charge is -2.06. The average molecular weight is 227 g/mol. The van der Waals surface area contributed by atoms with Crippen LogP contribution in [0, 0.1) is 17.0 Å². The fraction of sp³-hybridized carbons (Fsp3) is 0.200. The highest BCUT2D eigenvalue weighted by atomic mass is 35.5. The van der Waals surface area contributed by atoms with Gasteiger partial charge in [0.05, 0.1) is 4.92 Å². The van der Waals surface area contributed by atoms with Crippen molar-refractivity contribution in [1.29, 1.82) is 0 Å². The van der Waals surface area contributed by atoms with Crippen molar-refractivity contribution >= 4 is 17.3 Å². The Morgan fingerprint density at radius 1 is 1.53 bits per heavy atom. The molecule has 0 amide bonds. The van der Waals surface area contributed by atoms with Crippen molar-refractivity contribution in [3.05, 3.63) is 50.2 Å². The number of rotatable bonds is 2. The normalized spacial score (nSPS) is 12.2. The molecule has 4 nitrogen and oxygen atoms in total. The molecule has 0 saturated heterocycles. The summed E-state index contributed by atoms with van der Waals surface area (Å²) < 4.78 is 0. The van der Waals surface area contributed by atoms with E-state index >= 15 is 0 Å². The molecule has 2 N–H and O–H groups in total. The van der Waals surface area contributed by atoms with E-state index < -0.39 is 4.92 Å². The predicted molar refractivity (Wildman–Crippen MR) is 60.0 cm³/mol. The average Bonchev–Trinajstić information content (AvgIpc) is 2.19. The molecule has 0 radical (unpaired) electrons. The smallest absolute Gasteiger partial charge is 0.266 e. The highest BCUT2D eigenvalue weighted by Crippen LogP contribution is 2.22. The molecule has 0 aliphatic heterocycles. The van der Waals surface area contributed by atoms with Gasteiger partial charge in [-0.2, -0.15) is 0 Å². The molecule has 1 aromatic carbocycles. The van der Waals surface area contributed by atoms with E-state index in [9.17, 15) is 10.1 Å². The van der Waals surface area contributed by atoms with Crippen LogP contribution < -0.4 is 5.73 Å². The maximum atomic E-state index is 10.5. The summed E-state index contributed by atoms with van der Waals surface area (Å²) in [6.07, 6.45) is 0. The van der Waals surface area contributed by atoms with E-state index in [0.29, 0.717) is 10.6 Å². The third-order valence-electron chi connectivity index (χ3n) is 2.15. The fourth-order valence-electron chi connectivity index (χ4n) is 1.18. The first kappa shape index (κ1) is 11.5. The van der Waals surface area contributed by atoms with Crippen molar-refractivity contribution < 1.29 is 4.92 Å². The summed E-state index contributed by atoms with van der Waals surface area (Å²) in [4.78, 5) is 10.0. The van der Waals surface area contributed by atoms with Crippen molar-refractivity contribution in [3.63, 3.8) is 0 Å². The molecule has 0 aromatic heterocycles. The molecular weight excluding hydrogens is 216 g/mol. The van der Waals surface area contributed by atoms with E-state index in [-0.39, 0.29) is 11.4 Å². The van der Waals surface area contributed by atoms with Crippen LogP contribution in [0.2, 0.25) is 5.02 Å². The van der Waals surface area contributed by atoms with E-state index in [1.54, 1.807) is 18.2 Å². The van der Waals surface area contributed by atoms with Gasteiger partial charge < -0.3 is 5.73 Å². The molecule has 0 aliphatic carbocycles. The zero-order valence-corrected chi connectivity index (χ0v) is 9.21. The quantitative estimate of drug-likeness (QED) is 0.622. The van der Waals surface area contributed by atoms with Crippen LogP contribution in [0.5, 0.6) is 0 Å². The molecule has 0 saturated carbocycles. The zero-order valence-electron chi connectivity index (χ0n) is 8.45. The third-order valence-corrected chi connectivity index (χ3v) is 2.39. The summed E-state index contributed by atoms with van der Waals surface area (Å²) in [6.45, 7) is 3.20. The first-order valence-electron chi connectivity index (χ1n) is 4.30. The van der Waals surface area contributed by atoms with Gasteiger partial charge in [-0.05, 0) is 24.6 Å². The Labute approximate surface area is 92.5 Å². The van der Waals surface area contributed by atoms with Gasteiger partial charge in [0.2, 0.25) is 0 Å². The van der Waals surface area contributed by atoms with Gasteiger partial charge in [0.15, 0.2) is 0 Å². The van der Waals surface area contributed by atoms with Crippen molar-refractivity contribution in [2.24, 2.45) is 5.73 Å². The van der Waals surface area contributed by atoms with Gasteiger partial charge in [-0.15, -0.1) is 0 Å². The molecule has 0 unspecified atom stereocenters. The minimum Gasteiger partial charge on any atom is -0.393 e. The van der Waals surface area contributed by atoms with E-state index in [1.165, 1.54) is 6.92 Å². The maximum absolute atomic E-state index is 10.5. The topological polar surface area (TPSA) is 69.2 Å². The molecule has 1 aromatic rings.